The number of carbonyl (C=O) groups is 1. The molecule has 1 amide bonds. The Morgan fingerprint density at radius 3 is 2.88 bits per heavy atom. The van der Waals surface area contributed by atoms with Gasteiger partial charge in [-0.05, 0) is 25.8 Å². The van der Waals surface area contributed by atoms with Crippen molar-refractivity contribution in [2.45, 2.75) is 33.2 Å². The van der Waals surface area contributed by atoms with Crippen molar-refractivity contribution in [1.82, 2.24) is 35.3 Å². The fraction of sp³-hybridized carbons (Fsp3) is 0.400. The number of aryl methyl sites for hydroxylation is 3. The molecule has 24 heavy (non-hydrogen) atoms. The molecule has 0 unspecified atom stereocenters. The van der Waals surface area contributed by atoms with E-state index >= 15 is 0 Å². The maximum atomic E-state index is 12.3. The molecule has 0 saturated carbocycles. The number of rotatable bonds is 5. The van der Waals surface area contributed by atoms with Crippen LogP contribution in [0, 0.1) is 13.8 Å². The van der Waals surface area contributed by atoms with Crippen LogP contribution >= 0.6 is 0 Å². The number of fused-ring (bicyclic) bond motifs is 1. The maximum absolute atomic E-state index is 12.3. The van der Waals surface area contributed by atoms with Gasteiger partial charge in [-0.3, -0.25) is 19.4 Å². The zero-order chi connectivity index (χ0) is 17.3. The molecule has 3 N–H and O–H groups in total. The van der Waals surface area contributed by atoms with Gasteiger partial charge in [-0.25, -0.2) is 4.98 Å². The molecule has 126 valence electrons. The largest absolute Gasteiger partial charge is 0.349 e. The highest BCUT2D eigenvalue weighted by Gasteiger charge is 2.15. The minimum absolute atomic E-state index is 0.145. The number of H-pyrrole nitrogens is 2. The summed E-state index contributed by atoms with van der Waals surface area (Å²) < 4.78 is 1.66. The van der Waals surface area contributed by atoms with Gasteiger partial charge in [0.1, 0.15) is 17.8 Å². The molecular weight excluding hydrogens is 310 g/mol. The van der Waals surface area contributed by atoms with Gasteiger partial charge in [-0.2, -0.15) is 10.2 Å². The van der Waals surface area contributed by atoms with Crippen LogP contribution in [-0.4, -0.2) is 35.9 Å². The van der Waals surface area contributed by atoms with Crippen molar-refractivity contribution in [3.8, 4) is 0 Å². The smallest absolute Gasteiger partial charge is 0.253 e. The van der Waals surface area contributed by atoms with Crippen LogP contribution in [0.1, 0.15) is 29.1 Å². The van der Waals surface area contributed by atoms with Crippen LogP contribution in [-0.2, 0) is 24.8 Å². The fourth-order valence-electron chi connectivity index (χ4n) is 2.88. The molecule has 0 radical (unpaired) electrons. The minimum Gasteiger partial charge on any atom is -0.349 e. The number of nitrogens with zero attached hydrogens (tertiary/aromatic N) is 4. The summed E-state index contributed by atoms with van der Waals surface area (Å²) in [4.78, 5) is 31.1. The first-order chi connectivity index (χ1) is 11.5. The van der Waals surface area contributed by atoms with Gasteiger partial charge < -0.3 is 10.3 Å². The van der Waals surface area contributed by atoms with E-state index in [-0.39, 0.29) is 24.4 Å². The lowest BCUT2D eigenvalue weighted by Gasteiger charge is -2.07. The number of pyridine rings is 1. The number of aromatic amines is 2. The topological polar surface area (TPSA) is 121 Å². The first kappa shape index (κ1) is 15.9. The summed E-state index contributed by atoms with van der Waals surface area (Å²) in [7, 11) is 1.79. The molecule has 0 atom stereocenters. The van der Waals surface area contributed by atoms with Gasteiger partial charge in [0, 0.05) is 24.4 Å². The maximum Gasteiger partial charge on any atom is 0.253 e. The van der Waals surface area contributed by atoms with Crippen LogP contribution < -0.4 is 10.9 Å². The van der Waals surface area contributed by atoms with Crippen LogP contribution in [0.3, 0.4) is 0 Å². The molecule has 0 spiro atoms. The van der Waals surface area contributed by atoms with E-state index in [4.69, 9.17) is 0 Å². The van der Waals surface area contributed by atoms with Crippen molar-refractivity contribution < 1.29 is 4.79 Å². The zero-order valence-electron chi connectivity index (χ0n) is 13.8. The Morgan fingerprint density at radius 2 is 2.17 bits per heavy atom. The summed E-state index contributed by atoms with van der Waals surface area (Å²) in [5.74, 6) is 0.443. The normalized spacial score (nSPS) is 11.1. The first-order valence-electron chi connectivity index (χ1n) is 7.63. The molecule has 9 nitrogen and oxygen atoms in total. The van der Waals surface area contributed by atoms with Gasteiger partial charge in [0.25, 0.3) is 5.56 Å². The summed E-state index contributed by atoms with van der Waals surface area (Å²) in [6, 6.07) is 0. The van der Waals surface area contributed by atoms with Crippen molar-refractivity contribution in [3.05, 3.63) is 39.3 Å². The lowest BCUT2D eigenvalue weighted by molar-refractivity contribution is -0.121. The molecule has 3 heterocycles. The molecule has 9 heteroatoms. The highest BCUT2D eigenvalue weighted by atomic mass is 16.1. The van der Waals surface area contributed by atoms with Gasteiger partial charge >= 0.3 is 0 Å². The van der Waals surface area contributed by atoms with E-state index in [1.165, 1.54) is 6.33 Å². The average Bonchev–Trinajstić information content (AvgIpc) is 3.13. The van der Waals surface area contributed by atoms with E-state index in [1.54, 1.807) is 11.7 Å². The number of nitrogens with one attached hydrogen (secondary N) is 3. The number of amides is 1. The molecule has 0 aliphatic heterocycles. The predicted molar refractivity (Wildman–Crippen MR) is 87.4 cm³/mol. The molecule has 0 fully saturated rings. The summed E-state index contributed by atoms with van der Waals surface area (Å²) in [5, 5.41) is 14.4. The highest BCUT2D eigenvalue weighted by Crippen LogP contribution is 2.21. The number of aromatic nitrogens is 6. The Morgan fingerprint density at radius 1 is 1.38 bits per heavy atom. The SMILES string of the molecule is Cc1nn(C)c2[nH]c(=O)c(CCC(=O)NCc3ncn[nH]3)c(C)c12. The van der Waals surface area contributed by atoms with Gasteiger partial charge in [-0.15, -0.1) is 0 Å². The molecule has 0 saturated heterocycles. The summed E-state index contributed by atoms with van der Waals surface area (Å²) in [6.45, 7) is 4.09. The quantitative estimate of drug-likeness (QED) is 0.619. The third kappa shape index (κ3) is 2.92. The van der Waals surface area contributed by atoms with Crippen molar-refractivity contribution in [2.75, 3.05) is 0 Å². The van der Waals surface area contributed by atoms with Crippen molar-refractivity contribution >= 4 is 16.9 Å². The van der Waals surface area contributed by atoms with Crippen molar-refractivity contribution in [3.63, 3.8) is 0 Å². The van der Waals surface area contributed by atoms with E-state index in [9.17, 15) is 9.59 Å². The Hall–Kier alpha value is -2.97. The van der Waals surface area contributed by atoms with Crippen LogP contribution in [0.4, 0.5) is 0 Å². The zero-order valence-corrected chi connectivity index (χ0v) is 13.8. The van der Waals surface area contributed by atoms with Crippen LogP contribution in [0.5, 0.6) is 0 Å². The second-order valence-electron chi connectivity index (χ2n) is 5.70. The first-order valence-corrected chi connectivity index (χ1v) is 7.63. The summed E-state index contributed by atoms with van der Waals surface area (Å²) in [6.07, 6.45) is 1.98. The van der Waals surface area contributed by atoms with Crippen LogP contribution in [0.15, 0.2) is 11.1 Å². The summed E-state index contributed by atoms with van der Waals surface area (Å²) >= 11 is 0. The molecule has 0 aliphatic rings. The van der Waals surface area contributed by atoms with E-state index in [0.717, 1.165) is 16.6 Å². The van der Waals surface area contributed by atoms with Gasteiger partial charge in [0.2, 0.25) is 5.91 Å². The van der Waals surface area contributed by atoms with Crippen LogP contribution in [0.25, 0.3) is 11.0 Å². The van der Waals surface area contributed by atoms with E-state index in [1.807, 2.05) is 13.8 Å². The number of hydrogen-bond donors (Lipinski definition) is 3. The average molecular weight is 329 g/mol. The monoisotopic (exact) mass is 329 g/mol. The van der Waals surface area contributed by atoms with Crippen LogP contribution in [0.2, 0.25) is 0 Å². The Labute approximate surface area is 137 Å². The van der Waals surface area contributed by atoms with Crippen molar-refractivity contribution in [2.24, 2.45) is 7.05 Å². The molecule has 0 aliphatic carbocycles. The van der Waals surface area contributed by atoms with E-state index in [0.29, 0.717) is 23.5 Å². The predicted octanol–water partition coefficient (Wildman–Crippen LogP) is 0.246. The van der Waals surface area contributed by atoms with Gasteiger partial charge in [-0.1, -0.05) is 0 Å². The lowest BCUT2D eigenvalue weighted by atomic mass is 10.0. The molecule has 3 aromatic heterocycles. The Bertz CT molecular complexity index is 937. The lowest BCUT2D eigenvalue weighted by Crippen LogP contribution is -2.25. The van der Waals surface area contributed by atoms with Gasteiger partial charge in [0.15, 0.2) is 0 Å². The number of carbonyl (C=O) groups excluding carboxylic acids is 1. The number of hydrogen-bond acceptors (Lipinski definition) is 5. The van der Waals surface area contributed by atoms with E-state index < -0.39 is 0 Å². The molecule has 0 aromatic carbocycles. The Balaban J connectivity index is 1.74. The second-order valence-corrected chi connectivity index (χ2v) is 5.70. The third-order valence-electron chi connectivity index (χ3n) is 4.08. The fourth-order valence-corrected chi connectivity index (χ4v) is 2.88. The second kappa shape index (κ2) is 6.26. The standard InChI is InChI=1S/C15H19N7O2/c1-8-10(4-5-12(23)16-6-11-17-7-18-20-11)15(24)19-14-13(8)9(2)21-22(14)3/h7H,4-6H2,1-3H3,(H,16,23)(H,19,24)(H,17,18,20). The molecular formula is C15H19N7O2. The molecule has 0 bridgehead atoms. The molecule has 3 aromatic rings. The minimum atomic E-state index is -0.175. The Kier molecular flexibility index (Phi) is 4.15. The highest BCUT2D eigenvalue weighted by molar-refractivity contribution is 5.83. The van der Waals surface area contributed by atoms with E-state index in [2.05, 4.69) is 30.6 Å². The van der Waals surface area contributed by atoms with Crippen molar-refractivity contribution in [1.29, 1.82) is 0 Å². The summed E-state index contributed by atoms with van der Waals surface area (Å²) in [5.41, 5.74) is 2.88. The third-order valence-corrected chi connectivity index (χ3v) is 4.08. The molecule has 3 rings (SSSR count). The van der Waals surface area contributed by atoms with Gasteiger partial charge in [0.05, 0.1) is 12.2 Å².